The van der Waals surface area contributed by atoms with Crippen LogP contribution in [0.15, 0.2) is 18.2 Å². The molecule has 5 heteroatoms. The first-order valence-electron chi connectivity index (χ1n) is 4.61. The number of halogens is 1. The van der Waals surface area contributed by atoms with Crippen LogP contribution in [0.5, 0.6) is 5.75 Å². The molecule has 0 aliphatic carbocycles. The molecule has 1 amide bonds. The summed E-state index contributed by atoms with van der Waals surface area (Å²) in [6.45, 7) is -0.186. The van der Waals surface area contributed by atoms with Crippen molar-refractivity contribution >= 4 is 12.2 Å². The number of nitrogens with zero attached hydrogens (tertiary/aromatic N) is 1. The van der Waals surface area contributed by atoms with Crippen LogP contribution in [0, 0.1) is 5.82 Å². The van der Waals surface area contributed by atoms with E-state index in [0.717, 1.165) is 12.1 Å². The van der Waals surface area contributed by atoms with E-state index in [1.165, 1.54) is 11.0 Å². The largest absolute Gasteiger partial charge is 0.484 e. The van der Waals surface area contributed by atoms with Gasteiger partial charge in [-0.3, -0.25) is 9.59 Å². The Morgan fingerprint density at radius 2 is 2.12 bits per heavy atom. The highest BCUT2D eigenvalue weighted by Gasteiger charge is 2.06. The topological polar surface area (TPSA) is 46.6 Å². The van der Waals surface area contributed by atoms with Gasteiger partial charge in [0.25, 0.3) is 5.91 Å². The fraction of sp³-hybridized carbons (Fsp3) is 0.273. The third-order valence-corrected chi connectivity index (χ3v) is 1.89. The molecule has 1 aromatic rings. The molecular formula is C11H12FNO3. The fourth-order valence-electron chi connectivity index (χ4n) is 1.01. The van der Waals surface area contributed by atoms with Crippen molar-refractivity contribution in [3.05, 3.63) is 29.6 Å². The van der Waals surface area contributed by atoms with Crippen LogP contribution in [0.2, 0.25) is 0 Å². The van der Waals surface area contributed by atoms with Crippen LogP contribution in [0.3, 0.4) is 0 Å². The molecule has 0 fully saturated rings. The van der Waals surface area contributed by atoms with Crippen molar-refractivity contribution in [2.24, 2.45) is 0 Å². The summed E-state index contributed by atoms with van der Waals surface area (Å²) in [5.41, 5.74) is 0.173. The zero-order chi connectivity index (χ0) is 12.1. The molecule has 0 spiro atoms. The molecule has 1 aromatic carbocycles. The zero-order valence-electron chi connectivity index (χ0n) is 9.07. The van der Waals surface area contributed by atoms with Crippen molar-refractivity contribution in [3.63, 3.8) is 0 Å². The van der Waals surface area contributed by atoms with E-state index in [-0.39, 0.29) is 23.8 Å². The summed E-state index contributed by atoms with van der Waals surface area (Å²) in [4.78, 5) is 23.0. The van der Waals surface area contributed by atoms with Gasteiger partial charge in [-0.25, -0.2) is 4.39 Å². The minimum Gasteiger partial charge on any atom is -0.484 e. The Morgan fingerprint density at radius 3 is 2.69 bits per heavy atom. The molecule has 1 rings (SSSR count). The molecule has 4 nitrogen and oxygen atoms in total. The van der Waals surface area contributed by atoms with Crippen LogP contribution in [0.4, 0.5) is 4.39 Å². The predicted octanol–water partition coefficient (Wildman–Crippen LogP) is 1.11. The lowest BCUT2D eigenvalue weighted by atomic mass is 10.2. The third kappa shape index (κ3) is 3.34. The fourth-order valence-corrected chi connectivity index (χ4v) is 1.01. The number of benzene rings is 1. The standard InChI is InChI=1S/C11H12FNO3/c1-13(2)11(15)7-16-10-4-8(6-14)3-9(12)5-10/h3-6H,7H2,1-2H3. The minimum absolute atomic E-state index is 0.164. The van der Waals surface area contributed by atoms with Crippen molar-refractivity contribution in [1.82, 2.24) is 4.90 Å². The number of rotatable bonds is 4. The van der Waals surface area contributed by atoms with E-state index in [1.807, 2.05) is 0 Å². The molecule has 0 saturated carbocycles. The first-order valence-corrected chi connectivity index (χ1v) is 4.61. The zero-order valence-corrected chi connectivity index (χ0v) is 9.07. The van der Waals surface area contributed by atoms with Crippen molar-refractivity contribution in [3.8, 4) is 5.75 Å². The second-order valence-corrected chi connectivity index (χ2v) is 3.41. The van der Waals surface area contributed by atoms with Crippen LogP contribution in [0.25, 0.3) is 0 Å². The van der Waals surface area contributed by atoms with Crippen molar-refractivity contribution in [2.75, 3.05) is 20.7 Å². The number of hydrogen-bond donors (Lipinski definition) is 0. The van der Waals surface area contributed by atoms with E-state index >= 15 is 0 Å². The second kappa shape index (κ2) is 5.25. The number of carbonyl (C=O) groups is 2. The molecule has 16 heavy (non-hydrogen) atoms. The molecule has 0 saturated heterocycles. The van der Waals surface area contributed by atoms with Gasteiger partial charge in [0.1, 0.15) is 17.9 Å². The van der Waals surface area contributed by atoms with Gasteiger partial charge in [0.15, 0.2) is 6.61 Å². The summed E-state index contributed by atoms with van der Waals surface area (Å²) < 4.78 is 18.0. The van der Waals surface area contributed by atoms with Gasteiger partial charge in [-0.1, -0.05) is 0 Å². The Hall–Kier alpha value is -1.91. The van der Waals surface area contributed by atoms with E-state index in [4.69, 9.17) is 4.74 Å². The molecule has 0 aliphatic rings. The summed E-state index contributed by atoms with van der Waals surface area (Å²) in [6.07, 6.45) is 0.518. The van der Waals surface area contributed by atoms with Gasteiger partial charge in [0, 0.05) is 25.7 Å². The van der Waals surface area contributed by atoms with Gasteiger partial charge in [-0.15, -0.1) is 0 Å². The molecular weight excluding hydrogens is 213 g/mol. The number of amides is 1. The van der Waals surface area contributed by atoms with Crippen molar-refractivity contribution < 1.29 is 18.7 Å². The molecule has 0 aromatic heterocycles. The molecule has 0 N–H and O–H groups in total. The Morgan fingerprint density at radius 1 is 1.44 bits per heavy atom. The highest BCUT2D eigenvalue weighted by molar-refractivity contribution is 5.77. The number of hydrogen-bond acceptors (Lipinski definition) is 3. The summed E-state index contributed by atoms with van der Waals surface area (Å²) in [5.74, 6) is -0.647. The highest BCUT2D eigenvalue weighted by Crippen LogP contribution is 2.15. The smallest absolute Gasteiger partial charge is 0.259 e. The van der Waals surface area contributed by atoms with E-state index in [0.29, 0.717) is 6.29 Å². The van der Waals surface area contributed by atoms with Gasteiger partial charge in [0.2, 0.25) is 0 Å². The Bertz CT molecular complexity index is 404. The van der Waals surface area contributed by atoms with Crippen LogP contribution in [-0.2, 0) is 4.79 Å². The third-order valence-electron chi connectivity index (χ3n) is 1.89. The summed E-state index contributed by atoms with van der Waals surface area (Å²) in [6, 6.07) is 3.59. The average Bonchev–Trinajstić information content (AvgIpc) is 2.24. The van der Waals surface area contributed by atoms with Crippen LogP contribution in [0.1, 0.15) is 10.4 Å². The normalized spacial score (nSPS) is 9.69. The molecule has 0 atom stereocenters. The van der Waals surface area contributed by atoms with Gasteiger partial charge >= 0.3 is 0 Å². The number of likely N-dealkylation sites (N-methyl/N-ethyl adjacent to an activating group) is 1. The maximum Gasteiger partial charge on any atom is 0.259 e. The van der Waals surface area contributed by atoms with Crippen LogP contribution < -0.4 is 4.74 Å². The Kier molecular flexibility index (Phi) is 3.99. The van der Waals surface area contributed by atoms with Crippen LogP contribution >= 0.6 is 0 Å². The number of carbonyl (C=O) groups excluding carboxylic acids is 2. The Balaban J connectivity index is 2.70. The minimum atomic E-state index is -0.572. The van der Waals surface area contributed by atoms with E-state index in [1.54, 1.807) is 14.1 Å². The summed E-state index contributed by atoms with van der Waals surface area (Å²) in [7, 11) is 3.18. The highest BCUT2D eigenvalue weighted by atomic mass is 19.1. The number of aldehydes is 1. The average molecular weight is 225 g/mol. The number of ether oxygens (including phenoxy) is 1. The van der Waals surface area contributed by atoms with Crippen molar-refractivity contribution in [1.29, 1.82) is 0 Å². The quantitative estimate of drug-likeness (QED) is 0.721. The van der Waals surface area contributed by atoms with Gasteiger partial charge < -0.3 is 9.64 Å². The van der Waals surface area contributed by atoms with Gasteiger partial charge in [-0.2, -0.15) is 0 Å². The van der Waals surface area contributed by atoms with E-state index in [9.17, 15) is 14.0 Å². The molecule has 0 heterocycles. The van der Waals surface area contributed by atoms with Gasteiger partial charge in [-0.05, 0) is 12.1 Å². The maximum absolute atomic E-state index is 13.0. The monoisotopic (exact) mass is 225 g/mol. The predicted molar refractivity (Wildman–Crippen MR) is 56.0 cm³/mol. The lowest BCUT2D eigenvalue weighted by Crippen LogP contribution is -2.27. The van der Waals surface area contributed by atoms with E-state index in [2.05, 4.69) is 0 Å². The Labute approximate surface area is 92.6 Å². The molecule has 0 bridgehead atoms. The first kappa shape index (κ1) is 12.2. The molecule has 0 radical (unpaired) electrons. The molecule has 86 valence electrons. The second-order valence-electron chi connectivity index (χ2n) is 3.41. The maximum atomic E-state index is 13.0. The lowest BCUT2D eigenvalue weighted by Gasteiger charge is -2.11. The first-order chi connectivity index (χ1) is 7.52. The lowest BCUT2D eigenvalue weighted by molar-refractivity contribution is -0.130. The van der Waals surface area contributed by atoms with Crippen LogP contribution in [-0.4, -0.2) is 37.8 Å². The molecule has 0 unspecified atom stereocenters. The van der Waals surface area contributed by atoms with Crippen molar-refractivity contribution in [2.45, 2.75) is 0 Å². The summed E-state index contributed by atoms with van der Waals surface area (Å²) >= 11 is 0. The van der Waals surface area contributed by atoms with Gasteiger partial charge in [0.05, 0.1) is 0 Å². The molecule has 0 aliphatic heterocycles. The summed E-state index contributed by atoms with van der Waals surface area (Å²) in [5, 5.41) is 0. The van der Waals surface area contributed by atoms with E-state index < -0.39 is 5.82 Å². The SMILES string of the molecule is CN(C)C(=O)COc1cc(F)cc(C=O)c1.